The standard InChI is InChI=1S/C47H60BNO8Si/c1-7-33(27-34-25-31(2)44(52)32(3)26-34)22-23-40-42-35(30-56-58(47(4,5)6,36-17-11-8-12-18-36)37-19-13-9-14-20-37)28-38-43(39(42)29-48(55)57-40)46(54)49(45(38)53)24-16-10-15-21-41(50)51/h8-9,11-14,17-20,25-27,38-40,43,52,55H,7,10,15-16,21-24,28-30H2,1-6H3,(H,50,51)/b33-27+/t38-,39+,40-,43-/m1/s1. The summed E-state index contributed by atoms with van der Waals surface area (Å²) >= 11 is 0. The van der Waals surface area contributed by atoms with Gasteiger partial charge in [0.25, 0.3) is 8.32 Å². The quantitative estimate of drug-likeness (QED) is 0.0584. The van der Waals surface area contributed by atoms with Crippen molar-refractivity contribution in [2.45, 2.75) is 110 Å². The molecule has 58 heavy (non-hydrogen) atoms. The maximum atomic E-state index is 14.3. The molecule has 3 aromatic carbocycles. The Morgan fingerprint density at radius 1 is 0.931 bits per heavy atom. The summed E-state index contributed by atoms with van der Waals surface area (Å²) in [6.45, 7) is 13.2. The number of carboxylic acids is 1. The molecule has 0 bridgehead atoms. The van der Waals surface area contributed by atoms with Crippen LogP contribution in [0.2, 0.25) is 11.4 Å². The lowest BCUT2D eigenvalue weighted by atomic mass is 9.58. The second-order valence-corrected chi connectivity index (χ2v) is 21.8. The van der Waals surface area contributed by atoms with Crippen LogP contribution in [-0.4, -0.2) is 72.6 Å². The topological polar surface area (TPSA) is 134 Å². The summed E-state index contributed by atoms with van der Waals surface area (Å²) in [6.07, 6.45) is 6.02. The number of fused-ring (bicyclic) bond motifs is 3. The van der Waals surface area contributed by atoms with E-state index in [1.54, 1.807) is 0 Å². The first-order valence-electron chi connectivity index (χ1n) is 21.0. The van der Waals surface area contributed by atoms with Crippen molar-refractivity contribution >= 4 is 49.7 Å². The van der Waals surface area contributed by atoms with E-state index in [1.165, 1.54) is 10.5 Å². The summed E-state index contributed by atoms with van der Waals surface area (Å²) in [5.41, 5.74) is 5.82. The Kier molecular flexibility index (Phi) is 13.7. The molecule has 1 aliphatic carbocycles. The van der Waals surface area contributed by atoms with Crippen LogP contribution in [-0.2, 0) is 23.5 Å². The van der Waals surface area contributed by atoms with Crippen molar-refractivity contribution in [1.82, 2.24) is 4.90 Å². The van der Waals surface area contributed by atoms with Gasteiger partial charge in [-0.2, -0.15) is 0 Å². The monoisotopic (exact) mass is 805 g/mol. The lowest BCUT2D eigenvalue weighted by molar-refractivity contribution is -0.141. The molecule has 2 aliphatic heterocycles. The molecule has 0 saturated carbocycles. The average Bonchev–Trinajstić information content (AvgIpc) is 3.43. The van der Waals surface area contributed by atoms with E-state index in [9.17, 15) is 24.5 Å². The van der Waals surface area contributed by atoms with Crippen LogP contribution >= 0.6 is 0 Å². The van der Waals surface area contributed by atoms with Crippen molar-refractivity contribution in [3.05, 3.63) is 106 Å². The third kappa shape index (κ3) is 8.98. The third-order valence-corrected chi connectivity index (χ3v) is 17.6. The van der Waals surface area contributed by atoms with Gasteiger partial charge in [-0.25, -0.2) is 0 Å². The van der Waals surface area contributed by atoms with Gasteiger partial charge in [0.05, 0.1) is 24.5 Å². The second kappa shape index (κ2) is 18.3. The molecule has 9 nitrogen and oxygen atoms in total. The van der Waals surface area contributed by atoms with Crippen molar-refractivity contribution in [2.75, 3.05) is 13.2 Å². The van der Waals surface area contributed by atoms with Gasteiger partial charge in [-0.1, -0.05) is 106 Å². The SMILES string of the molecule is CC/C(=C\c1cc(C)c(O)c(C)c1)CC[C@H]1OB(O)C[C@H]2C1=C(CO[Si](c1ccccc1)(c1ccccc1)C(C)(C)C)C[C@H]1C(=O)N(CCCCCC(=O)O)C(=O)[C@H]12. The number of phenolic OH excluding ortho intramolecular Hbond substituents is 1. The van der Waals surface area contributed by atoms with Gasteiger partial charge < -0.3 is 24.3 Å². The molecule has 2 fully saturated rings. The van der Waals surface area contributed by atoms with Gasteiger partial charge in [0.1, 0.15) is 5.75 Å². The molecule has 11 heteroatoms. The van der Waals surface area contributed by atoms with Crippen molar-refractivity contribution in [2.24, 2.45) is 17.8 Å². The Bertz CT molecular complexity index is 1960. The minimum Gasteiger partial charge on any atom is -0.507 e. The Hall–Kier alpha value is -4.29. The summed E-state index contributed by atoms with van der Waals surface area (Å²) < 4.78 is 13.9. The summed E-state index contributed by atoms with van der Waals surface area (Å²) in [6, 6.07) is 24.9. The number of hydrogen-bond acceptors (Lipinski definition) is 7. The number of nitrogens with zero attached hydrogens (tertiary/aromatic N) is 1. The molecule has 2 amide bonds. The third-order valence-electron chi connectivity index (χ3n) is 12.6. The zero-order chi connectivity index (χ0) is 41.8. The number of benzene rings is 3. The number of carbonyl (C=O) groups excluding carboxylic acids is 2. The number of unbranched alkanes of at least 4 members (excludes halogenated alkanes) is 2. The Morgan fingerprint density at radius 2 is 1.55 bits per heavy atom. The molecular weight excluding hydrogens is 745 g/mol. The number of phenols is 1. The van der Waals surface area contributed by atoms with E-state index in [-0.39, 0.29) is 42.7 Å². The highest BCUT2D eigenvalue weighted by molar-refractivity contribution is 6.99. The summed E-state index contributed by atoms with van der Waals surface area (Å²) in [5.74, 6) is -2.52. The Labute approximate surface area is 345 Å². The van der Waals surface area contributed by atoms with E-state index < -0.39 is 45.3 Å². The van der Waals surface area contributed by atoms with Crippen LogP contribution in [0.15, 0.2) is 89.5 Å². The average molecular weight is 806 g/mol. The highest BCUT2D eigenvalue weighted by Gasteiger charge is 2.58. The molecule has 0 aromatic heterocycles. The number of carboxylic acid groups (broad SMARTS) is 1. The normalized spacial score (nSPS) is 21.4. The number of aromatic hydroxyl groups is 1. The van der Waals surface area contributed by atoms with Crippen molar-refractivity contribution in [3.8, 4) is 5.75 Å². The lowest BCUT2D eigenvalue weighted by Gasteiger charge is -2.46. The van der Waals surface area contributed by atoms with Gasteiger partial charge in [0.15, 0.2) is 0 Å². The van der Waals surface area contributed by atoms with E-state index in [4.69, 9.17) is 14.2 Å². The highest BCUT2D eigenvalue weighted by atomic mass is 28.4. The number of hydrogen-bond donors (Lipinski definition) is 3. The number of amides is 2. The first kappa shape index (κ1) is 43.3. The minimum atomic E-state index is -2.99. The molecule has 308 valence electrons. The maximum absolute atomic E-state index is 14.3. The number of carbonyl (C=O) groups is 3. The van der Waals surface area contributed by atoms with Crippen LogP contribution in [0.4, 0.5) is 0 Å². The minimum absolute atomic E-state index is 0.0552. The van der Waals surface area contributed by atoms with Gasteiger partial charge >= 0.3 is 13.1 Å². The van der Waals surface area contributed by atoms with E-state index >= 15 is 0 Å². The van der Waals surface area contributed by atoms with Crippen molar-refractivity contribution < 1.29 is 38.7 Å². The number of aryl methyl sites for hydroxylation is 2. The van der Waals surface area contributed by atoms with E-state index in [1.807, 2.05) is 38.1 Å². The van der Waals surface area contributed by atoms with Crippen LogP contribution in [0, 0.1) is 31.6 Å². The molecule has 2 saturated heterocycles. The highest BCUT2D eigenvalue weighted by Crippen LogP contribution is 2.51. The molecule has 3 aromatic rings. The number of aliphatic carboxylic acids is 1. The number of imide groups is 1. The maximum Gasteiger partial charge on any atom is 0.455 e. The fourth-order valence-corrected chi connectivity index (χ4v) is 14.4. The van der Waals surface area contributed by atoms with Gasteiger partial charge in [0, 0.05) is 13.0 Å². The summed E-state index contributed by atoms with van der Waals surface area (Å²) in [5, 5.41) is 32.8. The predicted molar refractivity (Wildman–Crippen MR) is 231 cm³/mol. The van der Waals surface area contributed by atoms with Crippen LogP contribution in [0.1, 0.15) is 95.8 Å². The smallest absolute Gasteiger partial charge is 0.455 e. The van der Waals surface area contributed by atoms with E-state index in [0.717, 1.165) is 44.6 Å². The van der Waals surface area contributed by atoms with Gasteiger partial charge in [-0.3, -0.25) is 19.3 Å². The molecule has 0 unspecified atom stereocenters. The number of allylic oxidation sites excluding steroid dienone is 1. The second-order valence-electron chi connectivity index (χ2n) is 17.5. The van der Waals surface area contributed by atoms with Gasteiger partial charge in [-0.05, 0) is 120 Å². The fourth-order valence-electron chi connectivity index (χ4n) is 9.84. The number of likely N-dealkylation sites (tertiary alicyclic amines) is 1. The Balaban J connectivity index is 1.38. The molecule has 3 aliphatic rings. The van der Waals surface area contributed by atoms with Crippen LogP contribution in [0.5, 0.6) is 5.75 Å². The molecule has 0 radical (unpaired) electrons. The zero-order valence-corrected chi connectivity index (χ0v) is 36.0. The summed E-state index contributed by atoms with van der Waals surface area (Å²) in [4.78, 5) is 41.1. The van der Waals surface area contributed by atoms with Crippen LogP contribution in [0.3, 0.4) is 0 Å². The molecule has 6 rings (SSSR count). The first-order chi connectivity index (χ1) is 27.7. The van der Waals surface area contributed by atoms with Crippen molar-refractivity contribution in [1.29, 1.82) is 0 Å². The molecule has 0 spiro atoms. The lowest BCUT2D eigenvalue weighted by Crippen LogP contribution is -2.66. The predicted octanol–water partition coefficient (Wildman–Crippen LogP) is 7.60. The van der Waals surface area contributed by atoms with Crippen molar-refractivity contribution in [3.63, 3.8) is 0 Å². The zero-order valence-electron chi connectivity index (χ0n) is 35.0. The summed E-state index contributed by atoms with van der Waals surface area (Å²) in [7, 11) is -4.09. The first-order valence-corrected chi connectivity index (χ1v) is 22.9. The number of rotatable bonds is 16. The van der Waals surface area contributed by atoms with Crippen LogP contribution in [0.25, 0.3) is 6.08 Å². The van der Waals surface area contributed by atoms with Gasteiger partial charge in [-0.15, -0.1) is 0 Å². The Morgan fingerprint density at radius 3 is 2.12 bits per heavy atom. The molecule has 4 atom stereocenters. The van der Waals surface area contributed by atoms with E-state index in [2.05, 4.69) is 82.3 Å². The molecular formula is C47H60BNO8Si. The fraction of sp³-hybridized carbons (Fsp3) is 0.468. The van der Waals surface area contributed by atoms with Crippen LogP contribution < -0.4 is 10.4 Å². The molecule has 2 heterocycles. The largest absolute Gasteiger partial charge is 0.507 e. The van der Waals surface area contributed by atoms with Gasteiger partial charge in [0.2, 0.25) is 11.8 Å². The van der Waals surface area contributed by atoms with E-state index in [0.29, 0.717) is 44.3 Å². The molecule has 3 N–H and O–H groups in total.